The van der Waals surface area contributed by atoms with Gasteiger partial charge in [0.05, 0.1) is 19.4 Å². The largest absolute Gasteiger partial charge is 0.463 e. The molecule has 1 fully saturated rings. The van der Waals surface area contributed by atoms with E-state index in [1.54, 1.807) is 29.7 Å². The Labute approximate surface area is 173 Å². The molecule has 1 aliphatic heterocycles. The van der Waals surface area contributed by atoms with Crippen molar-refractivity contribution < 1.29 is 13.6 Å². The number of carbonyl (C=O) groups is 1. The third-order valence-corrected chi connectivity index (χ3v) is 5.75. The molecule has 0 aliphatic carbocycles. The molecule has 0 atom stereocenters. The van der Waals surface area contributed by atoms with Crippen molar-refractivity contribution in [3.63, 3.8) is 0 Å². The highest BCUT2D eigenvalue weighted by molar-refractivity contribution is 7.09. The number of nitrogens with zero attached hydrogens (tertiary/aromatic N) is 3. The maximum atomic E-state index is 12.9. The first-order chi connectivity index (χ1) is 14.2. The Hall–Kier alpha value is -2.55. The minimum atomic E-state index is -0.270. The van der Waals surface area contributed by atoms with E-state index >= 15 is 0 Å². The summed E-state index contributed by atoms with van der Waals surface area (Å²) in [5.74, 6) is 0.516. The molecular weight excluding hydrogens is 391 g/mol. The first-order valence-electron chi connectivity index (χ1n) is 9.60. The minimum Gasteiger partial charge on any atom is -0.463 e. The number of rotatable bonds is 7. The van der Waals surface area contributed by atoms with Crippen LogP contribution in [0.15, 0.2) is 52.5 Å². The van der Waals surface area contributed by atoms with Gasteiger partial charge in [-0.2, -0.15) is 0 Å². The van der Waals surface area contributed by atoms with Gasteiger partial charge in [-0.25, -0.2) is 9.37 Å². The number of thiazole rings is 1. The van der Waals surface area contributed by atoms with Crippen molar-refractivity contribution in [3.05, 3.63) is 64.4 Å². The van der Waals surface area contributed by atoms with Crippen LogP contribution in [0.4, 0.5) is 4.39 Å². The number of halogens is 1. The van der Waals surface area contributed by atoms with Crippen LogP contribution >= 0.6 is 11.3 Å². The van der Waals surface area contributed by atoms with Crippen LogP contribution in [0, 0.1) is 5.82 Å². The van der Waals surface area contributed by atoms with Gasteiger partial charge in [0.1, 0.15) is 16.5 Å². The Kier molecular flexibility index (Phi) is 6.33. The lowest BCUT2D eigenvalue weighted by Gasteiger charge is -2.33. The number of furan rings is 1. The van der Waals surface area contributed by atoms with E-state index in [9.17, 15) is 9.18 Å². The number of piperazine rings is 1. The SMILES string of the molecule is O=C(CN1CCN(Cc2nc(-c3ccco3)cs2)CC1)NCc1ccc(F)cc1. The third-order valence-electron chi connectivity index (χ3n) is 4.92. The van der Waals surface area contributed by atoms with Gasteiger partial charge in [-0.15, -0.1) is 11.3 Å². The number of amides is 1. The predicted molar refractivity (Wildman–Crippen MR) is 110 cm³/mol. The Balaban J connectivity index is 1.18. The van der Waals surface area contributed by atoms with Gasteiger partial charge in [-0.1, -0.05) is 12.1 Å². The lowest BCUT2D eigenvalue weighted by molar-refractivity contribution is -0.122. The zero-order chi connectivity index (χ0) is 20.1. The Morgan fingerprint density at radius 3 is 2.62 bits per heavy atom. The molecule has 1 aromatic carbocycles. The third kappa shape index (κ3) is 5.50. The van der Waals surface area contributed by atoms with Crippen molar-refractivity contribution in [2.75, 3.05) is 32.7 Å². The van der Waals surface area contributed by atoms with Crippen molar-refractivity contribution >= 4 is 17.2 Å². The molecule has 8 heteroatoms. The normalized spacial score (nSPS) is 15.5. The van der Waals surface area contributed by atoms with E-state index < -0.39 is 0 Å². The summed E-state index contributed by atoms with van der Waals surface area (Å²) in [4.78, 5) is 21.4. The maximum Gasteiger partial charge on any atom is 0.234 e. The van der Waals surface area contributed by atoms with E-state index in [4.69, 9.17) is 4.42 Å². The van der Waals surface area contributed by atoms with E-state index in [0.717, 1.165) is 54.7 Å². The Morgan fingerprint density at radius 1 is 1.14 bits per heavy atom. The molecule has 1 N–H and O–H groups in total. The minimum absolute atomic E-state index is 0.00853. The fourth-order valence-corrected chi connectivity index (χ4v) is 4.10. The summed E-state index contributed by atoms with van der Waals surface area (Å²) in [6.45, 7) is 5.12. The molecule has 0 bridgehead atoms. The topological polar surface area (TPSA) is 61.6 Å². The van der Waals surface area contributed by atoms with Crippen LogP contribution in [0.1, 0.15) is 10.6 Å². The fourth-order valence-electron chi connectivity index (χ4n) is 3.28. The maximum absolute atomic E-state index is 12.9. The molecule has 2 aromatic heterocycles. The van der Waals surface area contributed by atoms with Crippen LogP contribution < -0.4 is 5.32 Å². The number of hydrogen-bond acceptors (Lipinski definition) is 6. The van der Waals surface area contributed by atoms with Gasteiger partial charge in [-0.05, 0) is 29.8 Å². The van der Waals surface area contributed by atoms with Crippen molar-refractivity contribution in [2.24, 2.45) is 0 Å². The summed E-state index contributed by atoms with van der Waals surface area (Å²) >= 11 is 1.64. The van der Waals surface area contributed by atoms with Gasteiger partial charge in [0.15, 0.2) is 5.76 Å². The summed E-state index contributed by atoms with van der Waals surface area (Å²) in [6.07, 6.45) is 1.66. The summed E-state index contributed by atoms with van der Waals surface area (Å²) in [5.41, 5.74) is 1.77. The zero-order valence-electron chi connectivity index (χ0n) is 16.0. The fraction of sp³-hybridized carbons (Fsp3) is 0.333. The number of carbonyl (C=O) groups excluding carboxylic acids is 1. The monoisotopic (exact) mass is 414 g/mol. The Bertz CT molecular complexity index is 919. The molecular formula is C21H23FN4O2S. The average Bonchev–Trinajstić information content (AvgIpc) is 3.41. The predicted octanol–water partition coefficient (Wildman–Crippen LogP) is 2.98. The van der Waals surface area contributed by atoms with Crippen LogP contribution in [0.3, 0.4) is 0 Å². The second kappa shape index (κ2) is 9.30. The van der Waals surface area contributed by atoms with Crippen molar-refractivity contribution in [3.8, 4) is 11.5 Å². The number of nitrogens with one attached hydrogen (secondary N) is 1. The van der Waals surface area contributed by atoms with Crippen molar-refractivity contribution in [2.45, 2.75) is 13.1 Å². The molecule has 0 unspecified atom stereocenters. The molecule has 0 radical (unpaired) electrons. The van der Waals surface area contributed by atoms with E-state index in [-0.39, 0.29) is 11.7 Å². The second-order valence-electron chi connectivity index (χ2n) is 7.06. The lowest BCUT2D eigenvalue weighted by Crippen LogP contribution is -2.49. The summed E-state index contributed by atoms with van der Waals surface area (Å²) in [7, 11) is 0. The number of hydrogen-bond donors (Lipinski definition) is 1. The van der Waals surface area contributed by atoms with Crippen molar-refractivity contribution in [1.29, 1.82) is 0 Å². The van der Waals surface area contributed by atoms with E-state index in [2.05, 4.69) is 20.1 Å². The summed E-state index contributed by atoms with van der Waals surface area (Å²) in [6, 6.07) is 9.96. The van der Waals surface area contributed by atoms with Crippen LogP contribution in [0.25, 0.3) is 11.5 Å². The van der Waals surface area contributed by atoms with Gasteiger partial charge in [0, 0.05) is 38.1 Å². The molecule has 29 heavy (non-hydrogen) atoms. The molecule has 4 rings (SSSR count). The molecule has 6 nitrogen and oxygen atoms in total. The molecule has 152 valence electrons. The van der Waals surface area contributed by atoms with Gasteiger partial charge in [-0.3, -0.25) is 14.6 Å². The van der Waals surface area contributed by atoms with Gasteiger partial charge in [0.2, 0.25) is 5.91 Å². The van der Waals surface area contributed by atoms with Crippen LogP contribution in [-0.4, -0.2) is 53.4 Å². The summed E-state index contributed by atoms with van der Waals surface area (Å²) < 4.78 is 18.3. The quantitative estimate of drug-likeness (QED) is 0.644. The van der Waals surface area contributed by atoms with Crippen molar-refractivity contribution in [1.82, 2.24) is 20.1 Å². The van der Waals surface area contributed by atoms with E-state index in [0.29, 0.717) is 13.1 Å². The molecule has 0 spiro atoms. The molecule has 3 aromatic rings. The zero-order valence-corrected chi connectivity index (χ0v) is 16.8. The van der Waals surface area contributed by atoms with Crippen LogP contribution in [0.5, 0.6) is 0 Å². The number of benzene rings is 1. The summed E-state index contributed by atoms with van der Waals surface area (Å²) in [5, 5.41) is 5.99. The first-order valence-corrected chi connectivity index (χ1v) is 10.5. The lowest BCUT2D eigenvalue weighted by atomic mass is 10.2. The highest BCUT2D eigenvalue weighted by Gasteiger charge is 2.20. The molecule has 0 saturated carbocycles. The van der Waals surface area contributed by atoms with Gasteiger partial charge in [0.25, 0.3) is 0 Å². The van der Waals surface area contributed by atoms with E-state index in [1.807, 2.05) is 17.5 Å². The first kappa shape index (κ1) is 19.8. The Morgan fingerprint density at radius 2 is 1.90 bits per heavy atom. The number of aromatic nitrogens is 1. The highest BCUT2D eigenvalue weighted by Crippen LogP contribution is 2.23. The molecule has 3 heterocycles. The van der Waals surface area contributed by atoms with Crippen LogP contribution in [0.2, 0.25) is 0 Å². The van der Waals surface area contributed by atoms with Gasteiger partial charge >= 0.3 is 0 Å². The van der Waals surface area contributed by atoms with Gasteiger partial charge < -0.3 is 9.73 Å². The van der Waals surface area contributed by atoms with Crippen LogP contribution in [-0.2, 0) is 17.9 Å². The smallest absolute Gasteiger partial charge is 0.234 e. The molecule has 1 aliphatic rings. The molecule has 1 saturated heterocycles. The van der Waals surface area contributed by atoms with E-state index in [1.165, 1.54) is 12.1 Å². The average molecular weight is 415 g/mol. The molecule has 1 amide bonds. The standard InChI is InChI=1S/C21H23FN4O2S/c22-17-5-3-16(4-6-17)12-23-20(27)13-25-7-9-26(10-8-25)14-21-24-18(15-29-21)19-2-1-11-28-19/h1-6,11,15H,7-10,12-14H2,(H,23,27). The second-order valence-corrected chi connectivity index (χ2v) is 8.00. The highest BCUT2D eigenvalue weighted by atomic mass is 32.1.